The van der Waals surface area contributed by atoms with Crippen molar-refractivity contribution in [2.45, 2.75) is 69.6 Å². The van der Waals surface area contributed by atoms with Crippen LogP contribution in [0, 0.1) is 5.92 Å². The summed E-state index contributed by atoms with van der Waals surface area (Å²) in [5, 5.41) is 0. The van der Waals surface area contributed by atoms with E-state index in [1.165, 1.54) is 23.3 Å². The van der Waals surface area contributed by atoms with Gasteiger partial charge < -0.3 is 10.5 Å². The molecule has 2 saturated carbocycles. The molecule has 1 amide bonds. The number of nitrogens with zero attached hydrogens (tertiary/aromatic N) is 2. The van der Waals surface area contributed by atoms with E-state index >= 15 is 0 Å². The summed E-state index contributed by atoms with van der Waals surface area (Å²) in [6, 6.07) is 5.86. The van der Waals surface area contributed by atoms with Crippen LogP contribution in [0.2, 0.25) is 0 Å². The minimum absolute atomic E-state index is 0.0965. The fourth-order valence-corrected chi connectivity index (χ4v) is 4.43. The van der Waals surface area contributed by atoms with Gasteiger partial charge in [-0.1, -0.05) is 18.2 Å². The van der Waals surface area contributed by atoms with Crippen LogP contribution in [-0.4, -0.2) is 36.5 Å². The van der Waals surface area contributed by atoms with Crippen molar-refractivity contribution in [2.24, 2.45) is 16.6 Å². The molecule has 2 aliphatic carbocycles. The van der Waals surface area contributed by atoms with Crippen LogP contribution in [0.3, 0.4) is 0 Å². The number of halogens is 2. The first-order valence-electron chi connectivity index (χ1n) is 10.1. The third-order valence-corrected chi connectivity index (χ3v) is 6.28. The number of alkyl halides is 2. The van der Waals surface area contributed by atoms with E-state index in [4.69, 9.17) is 5.73 Å². The molecule has 5 nitrogen and oxygen atoms in total. The van der Waals surface area contributed by atoms with E-state index in [-0.39, 0.29) is 18.0 Å². The Bertz CT molecular complexity index is 771. The number of amides is 1. The van der Waals surface area contributed by atoms with Crippen LogP contribution >= 0.6 is 0 Å². The lowest BCUT2D eigenvalue weighted by atomic mass is 9.81. The van der Waals surface area contributed by atoms with E-state index in [2.05, 4.69) is 27.9 Å². The molecule has 28 heavy (non-hydrogen) atoms. The molecule has 0 bridgehead atoms. The molecule has 1 heterocycles. The summed E-state index contributed by atoms with van der Waals surface area (Å²) in [6.45, 7) is -2.70. The van der Waals surface area contributed by atoms with Gasteiger partial charge in [0.2, 0.25) is 0 Å². The Kier molecular flexibility index (Phi) is 5.36. The molecule has 2 fully saturated rings. The molecular weight excluding hydrogens is 364 g/mol. The fourth-order valence-electron chi connectivity index (χ4n) is 4.43. The monoisotopic (exact) mass is 391 g/mol. The lowest BCUT2D eigenvalue weighted by molar-refractivity contribution is -0.171. The van der Waals surface area contributed by atoms with Crippen LogP contribution in [0.4, 0.5) is 8.78 Å². The smallest absolute Gasteiger partial charge is 0.345 e. The van der Waals surface area contributed by atoms with Gasteiger partial charge in [-0.25, -0.2) is 4.99 Å². The quantitative estimate of drug-likeness (QED) is 0.803. The molecule has 2 N–H and O–H groups in total. The van der Waals surface area contributed by atoms with Crippen LogP contribution in [0.1, 0.15) is 67.2 Å². The molecular formula is C21H27F2N3O2. The highest BCUT2D eigenvalue weighted by molar-refractivity contribution is 6.04. The van der Waals surface area contributed by atoms with Gasteiger partial charge in [0.25, 0.3) is 5.91 Å². The number of benzene rings is 1. The van der Waals surface area contributed by atoms with Crippen LogP contribution in [0.15, 0.2) is 23.2 Å². The standard InChI is InChI=1S/C21H27F2N3O2/c1-26-19(27)18(25-21(26)24)17-11-14(13-4-5-13)6-7-15(17)10-12-2-8-16(9-3-12)28-20(22)23/h6-7,11-13,16,18,20H,2-5,8-10H2,1H3,(H2,24,25). The Labute approximate surface area is 163 Å². The maximum absolute atomic E-state index is 12.6. The molecule has 0 spiro atoms. The van der Waals surface area contributed by atoms with Crippen molar-refractivity contribution in [3.63, 3.8) is 0 Å². The van der Waals surface area contributed by atoms with Crippen molar-refractivity contribution in [1.82, 2.24) is 4.90 Å². The first-order chi connectivity index (χ1) is 13.4. The van der Waals surface area contributed by atoms with Gasteiger partial charge in [0.15, 0.2) is 12.0 Å². The van der Waals surface area contributed by atoms with E-state index in [0.29, 0.717) is 24.7 Å². The molecule has 4 rings (SSSR count). The number of nitrogens with two attached hydrogens (primary N) is 1. The lowest BCUT2D eigenvalue weighted by Gasteiger charge is -2.29. The van der Waals surface area contributed by atoms with Crippen molar-refractivity contribution in [3.8, 4) is 0 Å². The van der Waals surface area contributed by atoms with Gasteiger partial charge in [0.05, 0.1) is 6.10 Å². The molecule has 0 radical (unpaired) electrons. The second-order valence-electron chi connectivity index (χ2n) is 8.26. The van der Waals surface area contributed by atoms with Crippen molar-refractivity contribution in [2.75, 3.05) is 7.05 Å². The Hall–Kier alpha value is -2.02. The van der Waals surface area contributed by atoms with Gasteiger partial charge in [0, 0.05) is 7.05 Å². The number of likely N-dealkylation sites (N-methyl/N-ethyl adjacent to an activating group) is 1. The Balaban J connectivity index is 1.52. The average Bonchev–Trinajstić information content (AvgIpc) is 3.48. The van der Waals surface area contributed by atoms with Gasteiger partial charge in [-0.2, -0.15) is 8.78 Å². The first-order valence-corrected chi connectivity index (χ1v) is 10.1. The molecule has 152 valence electrons. The van der Waals surface area contributed by atoms with E-state index in [1.54, 1.807) is 7.05 Å². The normalized spacial score (nSPS) is 28.1. The number of aliphatic imine (C=N–C) groups is 1. The number of carbonyl (C=O) groups excluding carboxylic acids is 1. The molecule has 1 unspecified atom stereocenters. The molecule has 3 aliphatic rings. The van der Waals surface area contributed by atoms with Crippen molar-refractivity contribution >= 4 is 11.9 Å². The second-order valence-corrected chi connectivity index (χ2v) is 8.26. The summed E-state index contributed by atoms with van der Waals surface area (Å²) in [6.07, 6.45) is 5.87. The largest absolute Gasteiger partial charge is 0.369 e. The maximum atomic E-state index is 12.6. The van der Waals surface area contributed by atoms with Crippen LogP contribution < -0.4 is 5.73 Å². The van der Waals surface area contributed by atoms with Crippen LogP contribution in [0.25, 0.3) is 0 Å². The minimum atomic E-state index is -2.70. The summed E-state index contributed by atoms with van der Waals surface area (Å²) in [7, 11) is 1.65. The summed E-state index contributed by atoms with van der Waals surface area (Å²) in [5.41, 5.74) is 9.21. The third-order valence-electron chi connectivity index (χ3n) is 6.28. The van der Waals surface area contributed by atoms with Crippen molar-refractivity contribution in [1.29, 1.82) is 0 Å². The van der Waals surface area contributed by atoms with Crippen LogP contribution in [-0.2, 0) is 16.0 Å². The van der Waals surface area contributed by atoms with Gasteiger partial charge >= 0.3 is 6.61 Å². The third kappa shape index (κ3) is 4.04. The molecule has 1 aromatic rings. The zero-order valence-corrected chi connectivity index (χ0v) is 16.1. The Morgan fingerprint density at radius 1 is 1.21 bits per heavy atom. The van der Waals surface area contributed by atoms with Gasteiger partial charge in [0.1, 0.15) is 0 Å². The average molecular weight is 391 g/mol. The highest BCUT2D eigenvalue weighted by atomic mass is 19.3. The van der Waals surface area contributed by atoms with Gasteiger partial charge in [-0.3, -0.25) is 9.69 Å². The lowest BCUT2D eigenvalue weighted by Crippen LogP contribution is -2.34. The number of guanidine groups is 1. The number of rotatable bonds is 6. The summed E-state index contributed by atoms with van der Waals surface area (Å²) in [4.78, 5) is 18.5. The predicted octanol–water partition coefficient (Wildman–Crippen LogP) is 3.73. The van der Waals surface area contributed by atoms with Crippen LogP contribution in [0.5, 0.6) is 0 Å². The topological polar surface area (TPSA) is 67.9 Å². The highest BCUT2D eigenvalue weighted by Gasteiger charge is 2.35. The number of ether oxygens (including phenoxy) is 1. The Morgan fingerprint density at radius 2 is 1.93 bits per heavy atom. The second kappa shape index (κ2) is 7.78. The van der Waals surface area contributed by atoms with Gasteiger partial charge in [-0.05, 0) is 73.5 Å². The minimum Gasteiger partial charge on any atom is -0.369 e. The number of hydrogen-bond acceptors (Lipinski definition) is 4. The molecule has 1 aromatic carbocycles. The Morgan fingerprint density at radius 3 is 2.50 bits per heavy atom. The van der Waals surface area contributed by atoms with E-state index in [1.807, 2.05) is 0 Å². The zero-order valence-electron chi connectivity index (χ0n) is 16.1. The molecule has 0 saturated heterocycles. The first kappa shape index (κ1) is 19.3. The fraction of sp³-hybridized carbons (Fsp3) is 0.619. The van der Waals surface area contributed by atoms with Crippen molar-refractivity contribution in [3.05, 3.63) is 34.9 Å². The zero-order chi connectivity index (χ0) is 19.8. The number of carbonyl (C=O) groups is 1. The summed E-state index contributed by atoms with van der Waals surface area (Å²) < 4.78 is 29.5. The molecule has 7 heteroatoms. The van der Waals surface area contributed by atoms with Gasteiger partial charge in [-0.15, -0.1) is 0 Å². The van der Waals surface area contributed by atoms with E-state index < -0.39 is 12.7 Å². The SMILES string of the molecule is CN1C(=O)C(c2cc(C3CC3)ccc2CC2CCC(OC(F)F)CC2)N=C1N. The summed E-state index contributed by atoms with van der Waals surface area (Å²) in [5.74, 6) is 1.15. The van der Waals surface area contributed by atoms with E-state index in [0.717, 1.165) is 30.4 Å². The molecule has 0 aromatic heterocycles. The maximum Gasteiger partial charge on any atom is 0.345 e. The molecule has 1 atom stereocenters. The molecule has 1 aliphatic heterocycles. The number of hydrogen-bond donors (Lipinski definition) is 1. The van der Waals surface area contributed by atoms with Crippen molar-refractivity contribution < 1.29 is 18.3 Å². The summed E-state index contributed by atoms with van der Waals surface area (Å²) >= 11 is 0. The predicted molar refractivity (Wildman–Crippen MR) is 102 cm³/mol. The van der Waals surface area contributed by atoms with E-state index in [9.17, 15) is 13.6 Å². The highest BCUT2D eigenvalue weighted by Crippen LogP contribution is 2.42.